The van der Waals surface area contributed by atoms with Gasteiger partial charge in [-0.1, -0.05) is 30.3 Å². The van der Waals surface area contributed by atoms with Gasteiger partial charge >= 0.3 is 6.03 Å². The van der Waals surface area contributed by atoms with Crippen LogP contribution in [-0.4, -0.2) is 30.1 Å². The Hall–Kier alpha value is -2.56. The highest BCUT2D eigenvalue weighted by atomic mass is 16.5. The van der Waals surface area contributed by atoms with E-state index in [9.17, 15) is 4.79 Å². The molecule has 0 unspecified atom stereocenters. The second-order valence-electron chi connectivity index (χ2n) is 4.36. The van der Waals surface area contributed by atoms with Crippen LogP contribution in [0.1, 0.15) is 5.56 Å². The first-order valence-corrected chi connectivity index (χ1v) is 6.25. The summed E-state index contributed by atoms with van der Waals surface area (Å²) in [6, 6.07) is 13.1. The van der Waals surface area contributed by atoms with Crippen LogP contribution in [0.25, 0.3) is 0 Å². The van der Waals surface area contributed by atoms with Gasteiger partial charge in [-0.15, -0.1) is 0 Å². The average molecular weight is 271 g/mol. The average Bonchev–Trinajstić information content (AvgIpc) is 2.49. The largest absolute Gasteiger partial charge is 0.481 e. The quantitative estimate of drug-likeness (QED) is 0.930. The van der Waals surface area contributed by atoms with E-state index in [1.54, 1.807) is 37.4 Å². The third kappa shape index (κ3) is 3.71. The molecule has 5 nitrogen and oxygen atoms in total. The van der Waals surface area contributed by atoms with Gasteiger partial charge in [0, 0.05) is 19.7 Å². The standard InChI is InChI=1S/C15H17N3O2/c1-18(11-12-6-4-3-5-7-12)15(19)17-13-8-9-14(20-2)16-10-13/h3-10H,11H2,1-2H3,(H,17,19). The number of rotatable bonds is 4. The maximum absolute atomic E-state index is 12.0. The first-order valence-electron chi connectivity index (χ1n) is 6.25. The number of hydrogen-bond donors (Lipinski definition) is 1. The summed E-state index contributed by atoms with van der Waals surface area (Å²) in [5.74, 6) is 0.514. The second kappa shape index (κ2) is 6.56. The molecule has 1 aromatic heterocycles. The van der Waals surface area contributed by atoms with Gasteiger partial charge in [0.15, 0.2) is 0 Å². The van der Waals surface area contributed by atoms with Gasteiger partial charge in [0.25, 0.3) is 0 Å². The van der Waals surface area contributed by atoms with E-state index in [1.807, 2.05) is 30.3 Å². The van der Waals surface area contributed by atoms with Gasteiger partial charge < -0.3 is 15.0 Å². The lowest BCUT2D eigenvalue weighted by atomic mass is 10.2. The molecule has 2 amide bonds. The number of nitrogens with zero attached hydrogens (tertiary/aromatic N) is 2. The summed E-state index contributed by atoms with van der Waals surface area (Å²) in [4.78, 5) is 17.7. The van der Waals surface area contributed by atoms with Crippen molar-refractivity contribution in [3.63, 3.8) is 0 Å². The summed E-state index contributed by atoms with van der Waals surface area (Å²) < 4.78 is 4.97. The Balaban J connectivity index is 1.93. The number of amides is 2. The summed E-state index contributed by atoms with van der Waals surface area (Å²) in [5, 5.41) is 2.78. The SMILES string of the molecule is COc1ccc(NC(=O)N(C)Cc2ccccc2)cn1. The van der Waals surface area contributed by atoms with E-state index in [-0.39, 0.29) is 6.03 Å². The lowest BCUT2D eigenvalue weighted by molar-refractivity contribution is 0.220. The maximum atomic E-state index is 12.0. The number of pyridine rings is 1. The molecular weight excluding hydrogens is 254 g/mol. The first kappa shape index (κ1) is 13.9. The molecule has 20 heavy (non-hydrogen) atoms. The van der Waals surface area contributed by atoms with E-state index in [4.69, 9.17) is 4.74 Å². The number of urea groups is 1. The van der Waals surface area contributed by atoms with E-state index < -0.39 is 0 Å². The highest BCUT2D eigenvalue weighted by molar-refractivity contribution is 5.88. The first-order chi connectivity index (χ1) is 9.69. The van der Waals surface area contributed by atoms with Crippen LogP contribution in [0.5, 0.6) is 5.88 Å². The van der Waals surface area contributed by atoms with Crippen LogP contribution < -0.4 is 10.1 Å². The van der Waals surface area contributed by atoms with E-state index in [0.717, 1.165) is 5.56 Å². The lowest BCUT2D eigenvalue weighted by Gasteiger charge is -2.18. The molecule has 1 heterocycles. The molecule has 104 valence electrons. The molecule has 2 rings (SSSR count). The minimum Gasteiger partial charge on any atom is -0.481 e. The van der Waals surface area contributed by atoms with Gasteiger partial charge in [0.05, 0.1) is 19.0 Å². The molecule has 0 atom stereocenters. The Labute approximate surface area is 118 Å². The van der Waals surface area contributed by atoms with Gasteiger partial charge in [-0.2, -0.15) is 0 Å². The number of anilines is 1. The van der Waals surface area contributed by atoms with E-state index in [0.29, 0.717) is 18.1 Å². The van der Waals surface area contributed by atoms with Crippen LogP contribution in [0.15, 0.2) is 48.7 Å². The van der Waals surface area contributed by atoms with E-state index in [1.165, 1.54) is 0 Å². The highest BCUT2D eigenvalue weighted by Gasteiger charge is 2.09. The zero-order valence-electron chi connectivity index (χ0n) is 11.5. The monoisotopic (exact) mass is 271 g/mol. The Morgan fingerprint density at radius 1 is 1.25 bits per heavy atom. The van der Waals surface area contributed by atoms with Gasteiger partial charge in [0.1, 0.15) is 0 Å². The molecule has 0 aliphatic heterocycles. The van der Waals surface area contributed by atoms with E-state index in [2.05, 4.69) is 10.3 Å². The number of aromatic nitrogens is 1. The van der Waals surface area contributed by atoms with E-state index >= 15 is 0 Å². The van der Waals surface area contributed by atoms with Gasteiger partial charge in [-0.25, -0.2) is 9.78 Å². The van der Waals surface area contributed by atoms with Gasteiger partial charge in [-0.3, -0.25) is 0 Å². The number of carbonyl (C=O) groups is 1. The summed E-state index contributed by atoms with van der Waals surface area (Å²) in [5.41, 5.74) is 1.72. The third-order valence-electron chi connectivity index (χ3n) is 2.81. The number of methoxy groups -OCH3 is 1. The summed E-state index contributed by atoms with van der Waals surface area (Å²) >= 11 is 0. The number of ether oxygens (including phenoxy) is 1. The summed E-state index contributed by atoms with van der Waals surface area (Å²) in [7, 11) is 3.30. The van der Waals surface area contributed by atoms with Crippen LogP contribution in [-0.2, 0) is 6.54 Å². The molecule has 1 N–H and O–H groups in total. The zero-order valence-corrected chi connectivity index (χ0v) is 11.5. The van der Waals surface area contributed by atoms with Gasteiger partial charge in [0.2, 0.25) is 5.88 Å². The molecule has 0 saturated heterocycles. The van der Waals surface area contributed by atoms with Crippen molar-refractivity contribution in [2.45, 2.75) is 6.54 Å². The van der Waals surface area contributed by atoms with Crippen molar-refractivity contribution < 1.29 is 9.53 Å². The molecule has 0 radical (unpaired) electrons. The maximum Gasteiger partial charge on any atom is 0.321 e. The van der Waals surface area contributed by atoms with Crippen molar-refractivity contribution in [1.29, 1.82) is 0 Å². The normalized spacial score (nSPS) is 9.90. The van der Waals surface area contributed by atoms with Crippen molar-refractivity contribution >= 4 is 11.7 Å². The Bertz CT molecular complexity index is 555. The van der Waals surface area contributed by atoms with Crippen molar-refractivity contribution in [2.24, 2.45) is 0 Å². The molecule has 0 spiro atoms. The molecule has 0 aliphatic rings. The number of benzene rings is 1. The minimum atomic E-state index is -0.180. The topological polar surface area (TPSA) is 54.5 Å². The molecule has 0 aliphatic carbocycles. The molecule has 0 fully saturated rings. The lowest BCUT2D eigenvalue weighted by Crippen LogP contribution is -2.30. The predicted molar refractivity (Wildman–Crippen MR) is 77.7 cm³/mol. The van der Waals surface area contributed by atoms with Crippen molar-refractivity contribution in [3.05, 3.63) is 54.2 Å². The smallest absolute Gasteiger partial charge is 0.321 e. The molecular formula is C15H17N3O2. The predicted octanol–water partition coefficient (Wildman–Crippen LogP) is 2.75. The molecule has 5 heteroatoms. The number of hydrogen-bond acceptors (Lipinski definition) is 3. The van der Waals surface area contributed by atoms with Crippen molar-refractivity contribution in [1.82, 2.24) is 9.88 Å². The fraction of sp³-hybridized carbons (Fsp3) is 0.200. The fourth-order valence-electron chi connectivity index (χ4n) is 1.72. The van der Waals surface area contributed by atoms with Crippen molar-refractivity contribution in [3.8, 4) is 5.88 Å². The molecule has 0 saturated carbocycles. The van der Waals surface area contributed by atoms with Crippen LogP contribution in [0, 0.1) is 0 Å². The molecule has 0 bridgehead atoms. The van der Waals surface area contributed by atoms with Crippen LogP contribution in [0.4, 0.5) is 10.5 Å². The third-order valence-corrected chi connectivity index (χ3v) is 2.81. The Morgan fingerprint density at radius 2 is 2.00 bits per heavy atom. The number of carbonyl (C=O) groups excluding carboxylic acids is 1. The van der Waals surface area contributed by atoms with Gasteiger partial charge in [-0.05, 0) is 11.6 Å². The van der Waals surface area contributed by atoms with Crippen LogP contribution >= 0.6 is 0 Å². The summed E-state index contributed by atoms with van der Waals surface area (Å²) in [6.45, 7) is 0.552. The summed E-state index contributed by atoms with van der Waals surface area (Å²) in [6.07, 6.45) is 1.56. The van der Waals surface area contributed by atoms with Crippen LogP contribution in [0.3, 0.4) is 0 Å². The minimum absolute atomic E-state index is 0.180. The Kier molecular flexibility index (Phi) is 4.55. The molecule has 2 aromatic rings. The fourth-order valence-corrected chi connectivity index (χ4v) is 1.72. The van der Waals surface area contributed by atoms with Crippen LogP contribution in [0.2, 0.25) is 0 Å². The zero-order chi connectivity index (χ0) is 14.4. The highest BCUT2D eigenvalue weighted by Crippen LogP contribution is 2.12. The second-order valence-corrected chi connectivity index (χ2v) is 4.36. The van der Waals surface area contributed by atoms with Crippen molar-refractivity contribution in [2.75, 3.05) is 19.5 Å². The molecule has 1 aromatic carbocycles. The Morgan fingerprint density at radius 3 is 2.60 bits per heavy atom. The number of nitrogens with one attached hydrogen (secondary N) is 1.